The van der Waals surface area contributed by atoms with Crippen LogP contribution in [0.5, 0.6) is 0 Å². The van der Waals surface area contributed by atoms with Gasteiger partial charge in [-0.2, -0.15) is 13.2 Å². The Bertz CT molecular complexity index is 255. The Hall–Kier alpha value is -1.03. The molecule has 1 aromatic carbocycles. The third kappa shape index (κ3) is 2.45. The molecule has 1 atom stereocenters. The average Bonchev–Trinajstić information content (AvgIpc) is 2.05. The molecule has 13 heavy (non-hydrogen) atoms. The molecule has 0 aliphatic rings. The van der Waals surface area contributed by atoms with Crippen molar-refractivity contribution in [3.8, 4) is 0 Å². The quantitative estimate of drug-likeness (QED) is 0.753. The van der Waals surface area contributed by atoms with Crippen LogP contribution in [-0.4, -0.2) is 13.2 Å². The molecule has 0 bridgehead atoms. The molecule has 4 heteroatoms. The molecule has 0 fully saturated rings. The fraction of sp³-hybridized carbons (Fsp3) is 0.333. The number of hydrogen-bond acceptors (Lipinski definition) is 1. The van der Waals surface area contributed by atoms with Crippen molar-refractivity contribution in [2.75, 3.05) is 7.05 Å². The summed E-state index contributed by atoms with van der Waals surface area (Å²) < 4.78 is 37.0. The zero-order chi connectivity index (χ0) is 9.90. The van der Waals surface area contributed by atoms with Crippen LogP contribution >= 0.6 is 0 Å². The van der Waals surface area contributed by atoms with E-state index in [0.717, 1.165) is 0 Å². The highest BCUT2D eigenvalue weighted by Crippen LogP contribution is 2.31. The van der Waals surface area contributed by atoms with Crippen molar-refractivity contribution >= 4 is 0 Å². The Morgan fingerprint density at radius 3 is 2.08 bits per heavy atom. The number of benzene rings is 1. The minimum atomic E-state index is -4.24. The average molecular weight is 189 g/mol. The summed E-state index contributed by atoms with van der Waals surface area (Å²) in [7, 11) is 1.30. The summed E-state index contributed by atoms with van der Waals surface area (Å²) in [4.78, 5) is 0. The van der Waals surface area contributed by atoms with Gasteiger partial charge in [0.15, 0.2) is 0 Å². The van der Waals surface area contributed by atoms with Crippen molar-refractivity contribution in [2.45, 2.75) is 12.2 Å². The SMILES string of the molecule is CNC(c1ccccc1)C(F)(F)F. The second-order valence-electron chi connectivity index (χ2n) is 2.67. The van der Waals surface area contributed by atoms with Crippen molar-refractivity contribution in [1.82, 2.24) is 5.32 Å². The normalized spacial score (nSPS) is 14.2. The maximum Gasteiger partial charge on any atom is 0.407 e. The van der Waals surface area contributed by atoms with Gasteiger partial charge < -0.3 is 5.32 Å². The summed E-state index contributed by atoms with van der Waals surface area (Å²) in [5, 5.41) is 2.23. The van der Waals surface area contributed by atoms with Gasteiger partial charge in [-0.1, -0.05) is 30.3 Å². The summed E-state index contributed by atoms with van der Waals surface area (Å²) in [6, 6.07) is 6.20. The second-order valence-corrected chi connectivity index (χ2v) is 2.67. The van der Waals surface area contributed by atoms with E-state index in [1.165, 1.54) is 19.2 Å². The monoisotopic (exact) mass is 189 g/mol. The molecule has 1 aromatic rings. The number of hydrogen-bond donors (Lipinski definition) is 1. The molecule has 0 aromatic heterocycles. The predicted octanol–water partition coefficient (Wildman–Crippen LogP) is 2.51. The molecule has 0 heterocycles. The summed E-state index contributed by atoms with van der Waals surface area (Å²) in [6.07, 6.45) is -4.24. The zero-order valence-corrected chi connectivity index (χ0v) is 7.10. The molecule has 0 saturated carbocycles. The first-order chi connectivity index (χ1) is 6.05. The van der Waals surface area contributed by atoms with Crippen LogP contribution in [0.3, 0.4) is 0 Å². The highest BCUT2D eigenvalue weighted by atomic mass is 19.4. The molecule has 72 valence electrons. The summed E-state index contributed by atoms with van der Waals surface area (Å²) >= 11 is 0. The largest absolute Gasteiger partial charge is 0.407 e. The van der Waals surface area contributed by atoms with Gasteiger partial charge in [0.05, 0.1) is 0 Å². The highest BCUT2D eigenvalue weighted by molar-refractivity contribution is 5.20. The van der Waals surface area contributed by atoms with E-state index in [-0.39, 0.29) is 5.56 Å². The minimum absolute atomic E-state index is 0.234. The van der Waals surface area contributed by atoms with E-state index in [2.05, 4.69) is 5.32 Å². The van der Waals surface area contributed by atoms with Gasteiger partial charge in [-0.15, -0.1) is 0 Å². The first-order valence-electron chi connectivity index (χ1n) is 3.84. The van der Waals surface area contributed by atoms with Crippen LogP contribution in [0.25, 0.3) is 0 Å². The molecule has 1 unspecified atom stereocenters. The Balaban J connectivity index is 2.92. The molecule has 1 N–H and O–H groups in total. The molecule has 0 saturated heterocycles. The van der Waals surface area contributed by atoms with Gasteiger partial charge in [0.2, 0.25) is 0 Å². The minimum Gasteiger partial charge on any atom is -0.306 e. The van der Waals surface area contributed by atoms with Gasteiger partial charge in [-0.25, -0.2) is 0 Å². The van der Waals surface area contributed by atoms with Crippen molar-refractivity contribution in [3.63, 3.8) is 0 Å². The van der Waals surface area contributed by atoms with Crippen molar-refractivity contribution in [2.24, 2.45) is 0 Å². The zero-order valence-electron chi connectivity index (χ0n) is 7.10. The number of nitrogens with one attached hydrogen (secondary N) is 1. The third-order valence-electron chi connectivity index (χ3n) is 1.75. The molecule has 0 radical (unpaired) electrons. The van der Waals surface area contributed by atoms with Gasteiger partial charge in [0, 0.05) is 0 Å². The molecule has 0 aliphatic heterocycles. The maximum absolute atomic E-state index is 12.3. The van der Waals surface area contributed by atoms with Crippen LogP contribution in [0, 0.1) is 0 Å². The molecule has 0 amide bonds. The van der Waals surface area contributed by atoms with Crippen molar-refractivity contribution in [3.05, 3.63) is 35.9 Å². The molecule has 1 rings (SSSR count). The van der Waals surface area contributed by atoms with Crippen molar-refractivity contribution in [1.29, 1.82) is 0 Å². The molecular formula is C9H10F3N. The van der Waals surface area contributed by atoms with E-state index < -0.39 is 12.2 Å². The Labute approximate surface area is 74.6 Å². The first kappa shape index (κ1) is 10.1. The Morgan fingerprint density at radius 2 is 1.69 bits per heavy atom. The van der Waals surface area contributed by atoms with Crippen LogP contribution in [-0.2, 0) is 0 Å². The Kier molecular flexibility index (Phi) is 2.93. The fourth-order valence-corrected chi connectivity index (χ4v) is 1.16. The maximum atomic E-state index is 12.3. The van der Waals surface area contributed by atoms with E-state index in [1.807, 2.05) is 0 Å². The van der Waals surface area contributed by atoms with E-state index in [1.54, 1.807) is 18.2 Å². The van der Waals surface area contributed by atoms with Crippen LogP contribution in [0.2, 0.25) is 0 Å². The van der Waals surface area contributed by atoms with E-state index >= 15 is 0 Å². The molecule has 1 nitrogen and oxygen atoms in total. The van der Waals surface area contributed by atoms with Gasteiger partial charge in [0.1, 0.15) is 6.04 Å². The smallest absolute Gasteiger partial charge is 0.306 e. The number of alkyl halides is 3. The van der Waals surface area contributed by atoms with E-state index in [4.69, 9.17) is 0 Å². The van der Waals surface area contributed by atoms with Crippen LogP contribution in [0.15, 0.2) is 30.3 Å². The second kappa shape index (κ2) is 3.79. The first-order valence-corrected chi connectivity index (χ1v) is 3.84. The number of halogens is 3. The molecular weight excluding hydrogens is 179 g/mol. The van der Waals surface area contributed by atoms with Crippen LogP contribution < -0.4 is 5.32 Å². The molecule has 0 aliphatic carbocycles. The van der Waals surface area contributed by atoms with Crippen LogP contribution in [0.1, 0.15) is 11.6 Å². The Morgan fingerprint density at radius 1 is 1.15 bits per heavy atom. The lowest BCUT2D eigenvalue weighted by atomic mass is 10.1. The van der Waals surface area contributed by atoms with E-state index in [9.17, 15) is 13.2 Å². The van der Waals surface area contributed by atoms with Gasteiger partial charge >= 0.3 is 6.18 Å². The standard InChI is InChI=1S/C9H10F3N/c1-13-8(9(10,11)12)7-5-3-2-4-6-7/h2-6,8,13H,1H3. The van der Waals surface area contributed by atoms with Gasteiger partial charge in [0.25, 0.3) is 0 Å². The summed E-state index contributed by atoms with van der Waals surface area (Å²) in [5.41, 5.74) is 0.234. The lowest BCUT2D eigenvalue weighted by Gasteiger charge is -2.19. The highest BCUT2D eigenvalue weighted by Gasteiger charge is 2.39. The summed E-state index contributed by atoms with van der Waals surface area (Å²) in [5.74, 6) is 0. The third-order valence-corrected chi connectivity index (χ3v) is 1.75. The van der Waals surface area contributed by atoms with Gasteiger partial charge in [-0.05, 0) is 12.6 Å². The van der Waals surface area contributed by atoms with Crippen molar-refractivity contribution < 1.29 is 13.2 Å². The van der Waals surface area contributed by atoms with Crippen LogP contribution in [0.4, 0.5) is 13.2 Å². The topological polar surface area (TPSA) is 12.0 Å². The number of rotatable bonds is 2. The summed E-state index contributed by atoms with van der Waals surface area (Å²) in [6.45, 7) is 0. The lowest BCUT2D eigenvalue weighted by molar-refractivity contribution is -0.156. The van der Waals surface area contributed by atoms with E-state index in [0.29, 0.717) is 0 Å². The fourth-order valence-electron chi connectivity index (χ4n) is 1.16. The van der Waals surface area contributed by atoms with Gasteiger partial charge in [-0.3, -0.25) is 0 Å². The predicted molar refractivity (Wildman–Crippen MR) is 44.3 cm³/mol. The lowest BCUT2D eigenvalue weighted by Crippen LogP contribution is -2.31. The molecule has 0 spiro atoms.